The van der Waals surface area contributed by atoms with Crippen molar-refractivity contribution >= 4 is 5.91 Å². The number of hydrogen-bond acceptors (Lipinski definition) is 4. The summed E-state index contributed by atoms with van der Waals surface area (Å²) in [5.74, 6) is 0.212. The number of benzene rings is 2. The van der Waals surface area contributed by atoms with Crippen LogP contribution in [-0.4, -0.2) is 60.6 Å². The van der Waals surface area contributed by atoms with Crippen molar-refractivity contribution in [1.82, 2.24) is 15.1 Å². The van der Waals surface area contributed by atoms with E-state index in [2.05, 4.69) is 22.2 Å². The molecule has 1 aliphatic heterocycles. The quantitative estimate of drug-likeness (QED) is 0.835. The highest BCUT2D eigenvalue weighted by Crippen LogP contribution is 2.11. The average molecular weight is 353 g/mol. The van der Waals surface area contributed by atoms with E-state index in [1.165, 1.54) is 5.56 Å². The number of amides is 1. The van der Waals surface area contributed by atoms with E-state index in [0.717, 1.165) is 44.7 Å². The van der Waals surface area contributed by atoms with Crippen molar-refractivity contribution in [2.45, 2.75) is 13.0 Å². The van der Waals surface area contributed by atoms with Gasteiger partial charge in [0.1, 0.15) is 5.75 Å². The van der Waals surface area contributed by atoms with Crippen LogP contribution in [0.2, 0.25) is 0 Å². The molecule has 26 heavy (non-hydrogen) atoms. The molecule has 138 valence electrons. The third-order valence-electron chi connectivity index (χ3n) is 4.85. The Morgan fingerprint density at radius 3 is 2.23 bits per heavy atom. The van der Waals surface area contributed by atoms with E-state index in [1.807, 2.05) is 36.4 Å². The molecule has 1 amide bonds. The smallest absolute Gasteiger partial charge is 0.251 e. The van der Waals surface area contributed by atoms with Crippen molar-refractivity contribution in [2.24, 2.45) is 0 Å². The zero-order chi connectivity index (χ0) is 18.4. The molecule has 5 heteroatoms. The number of nitrogens with one attached hydrogen (secondary N) is 1. The lowest BCUT2D eigenvalue weighted by atomic mass is 10.1. The maximum atomic E-state index is 12.3. The minimum absolute atomic E-state index is 0.0464. The Balaban J connectivity index is 1.45. The molecular formula is C21H27N3O2. The van der Waals surface area contributed by atoms with E-state index >= 15 is 0 Å². The summed E-state index contributed by atoms with van der Waals surface area (Å²) in [5.41, 5.74) is 3.03. The van der Waals surface area contributed by atoms with Gasteiger partial charge in [0.25, 0.3) is 5.91 Å². The SMILES string of the molecule is CN1CCN(Cc2ccc(C(=O)NCCc3ccc(O)cc3)cc2)CC1. The first kappa shape index (κ1) is 18.4. The molecule has 0 unspecified atom stereocenters. The molecule has 2 aromatic rings. The van der Waals surface area contributed by atoms with Crippen LogP contribution in [0.4, 0.5) is 0 Å². The first-order chi connectivity index (χ1) is 12.6. The van der Waals surface area contributed by atoms with Gasteiger partial charge in [0.2, 0.25) is 0 Å². The third-order valence-corrected chi connectivity index (χ3v) is 4.85. The summed E-state index contributed by atoms with van der Waals surface area (Å²) in [5, 5.41) is 12.2. The molecule has 2 N–H and O–H groups in total. The maximum Gasteiger partial charge on any atom is 0.251 e. The molecule has 3 rings (SSSR count). The van der Waals surface area contributed by atoms with Gasteiger partial charge in [0, 0.05) is 44.8 Å². The van der Waals surface area contributed by atoms with E-state index in [0.29, 0.717) is 12.1 Å². The van der Waals surface area contributed by atoms with Crippen molar-refractivity contribution < 1.29 is 9.90 Å². The van der Waals surface area contributed by atoms with Crippen molar-refractivity contribution in [1.29, 1.82) is 0 Å². The molecule has 0 spiro atoms. The molecule has 1 aliphatic rings. The fraction of sp³-hybridized carbons (Fsp3) is 0.381. The van der Waals surface area contributed by atoms with Crippen molar-refractivity contribution in [3.8, 4) is 5.75 Å². The largest absolute Gasteiger partial charge is 0.508 e. The number of piperazine rings is 1. The Morgan fingerprint density at radius 1 is 0.962 bits per heavy atom. The Bertz CT molecular complexity index is 705. The van der Waals surface area contributed by atoms with Gasteiger partial charge in [-0.1, -0.05) is 24.3 Å². The second-order valence-electron chi connectivity index (χ2n) is 6.95. The predicted octanol–water partition coefficient (Wildman–Crippen LogP) is 2.11. The summed E-state index contributed by atoms with van der Waals surface area (Å²) in [6, 6.07) is 15.0. The summed E-state index contributed by atoms with van der Waals surface area (Å²) >= 11 is 0. The van der Waals surface area contributed by atoms with Gasteiger partial charge < -0.3 is 15.3 Å². The second-order valence-corrected chi connectivity index (χ2v) is 6.95. The third kappa shape index (κ3) is 5.31. The highest BCUT2D eigenvalue weighted by molar-refractivity contribution is 5.94. The Hall–Kier alpha value is -2.37. The number of hydrogen-bond donors (Lipinski definition) is 2. The van der Waals surface area contributed by atoms with Crippen LogP contribution in [0.1, 0.15) is 21.5 Å². The van der Waals surface area contributed by atoms with Gasteiger partial charge in [-0.05, 0) is 48.9 Å². The average Bonchev–Trinajstić information content (AvgIpc) is 2.66. The molecule has 1 heterocycles. The van der Waals surface area contributed by atoms with Gasteiger partial charge >= 0.3 is 0 Å². The lowest BCUT2D eigenvalue weighted by molar-refractivity contribution is 0.0954. The van der Waals surface area contributed by atoms with Crippen LogP contribution in [0.3, 0.4) is 0 Å². The lowest BCUT2D eigenvalue weighted by Gasteiger charge is -2.32. The first-order valence-corrected chi connectivity index (χ1v) is 9.16. The van der Waals surface area contributed by atoms with Crippen LogP contribution in [0.15, 0.2) is 48.5 Å². The normalized spacial score (nSPS) is 15.7. The molecule has 1 saturated heterocycles. The zero-order valence-electron chi connectivity index (χ0n) is 15.3. The molecule has 0 aliphatic carbocycles. The van der Waals surface area contributed by atoms with E-state index in [-0.39, 0.29) is 11.7 Å². The van der Waals surface area contributed by atoms with E-state index in [9.17, 15) is 9.90 Å². The highest BCUT2D eigenvalue weighted by Gasteiger charge is 2.14. The maximum absolute atomic E-state index is 12.3. The van der Waals surface area contributed by atoms with Crippen LogP contribution >= 0.6 is 0 Å². The number of carbonyl (C=O) groups excluding carboxylic acids is 1. The van der Waals surface area contributed by atoms with Crippen molar-refractivity contribution in [2.75, 3.05) is 39.8 Å². The van der Waals surface area contributed by atoms with Gasteiger partial charge in [-0.25, -0.2) is 0 Å². The number of phenols is 1. The molecule has 1 fully saturated rings. The summed E-state index contributed by atoms with van der Waals surface area (Å²) in [6.45, 7) is 5.93. The fourth-order valence-corrected chi connectivity index (χ4v) is 3.11. The first-order valence-electron chi connectivity index (χ1n) is 9.16. The van der Waals surface area contributed by atoms with E-state index in [1.54, 1.807) is 12.1 Å². The minimum Gasteiger partial charge on any atom is -0.508 e. The fourth-order valence-electron chi connectivity index (χ4n) is 3.11. The zero-order valence-corrected chi connectivity index (χ0v) is 15.3. The van der Waals surface area contributed by atoms with E-state index < -0.39 is 0 Å². The van der Waals surface area contributed by atoms with Crippen LogP contribution in [-0.2, 0) is 13.0 Å². The van der Waals surface area contributed by atoms with Gasteiger partial charge in [0.15, 0.2) is 0 Å². The summed E-state index contributed by atoms with van der Waals surface area (Å²) in [6.07, 6.45) is 0.744. The molecule has 0 atom stereocenters. The summed E-state index contributed by atoms with van der Waals surface area (Å²) in [7, 11) is 2.16. The lowest BCUT2D eigenvalue weighted by Crippen LogP contribution is -2.43. The topological polar surface area (TPSA) is 55.8 Å². The second kappa shape index (κ2) is 8.83. The Kier molecular flexibility index (Phi) is 6.26. The highest BCUT2D eigenvalue weighted by atomic mass is 16.3. The molecular weight excluding hydrogens is 326 g/mol. The number of nitrogens with zero attached hydrogens (tertiary/aromatic N) is 2. The molecule has 0 aromatic heterocycles. The number of carbonyl (C=O) groups is 1. The predicted molar refractivity (Wildman–Crippen MR) is 103 cm³/mol. The number of rotatable bonds is 6. The number of phenolic OH excluding ortho intramolecular Hbond substituents is 1. The molecule has 5 nitrogen and oxygen atoms in total. The van der Waals surface area contributed by atoms with Gasteiger partial charge in [-0.15, -0.1) is 0 Å². The summed E-state index contributed by atoms with van der Waals surface area (Å²) in [4.78, 5) is 17.1. The molecule has 2 aromatic carbocycles. The minimum atomic E-state index is -0.0464. The molecule has 0 bridgehead atoms. The summed E-state index contributed by atoms with van der Waals surface area (Å²) < 4.78 is 0. The van der Waals surface area contributed by atoms with Crippen molar-refractivity contribution in [3.05, 3.63) is 65.2 Å². The van der Waals surface area contributed by atoms with Gasteiger partial charge in [-0.3, -0.25) is 9.69 Å². The van der Waals surface area contributed by atoms with Crippen LogP contribution in [0.25, 0.3) is 0 Å². The monoisotopic (exact) mass is 353 g/mol. The molecule has 0 radical (unpaired) electrons. The Labute approximate surface area is 155 Å². The van der Waals surface area contributed by atoms with Crippen LogP contribution < -0.4 is 5.32 Å². The van der Waals surface area contributed by atoms with Crippen molar-refractivity contribution in [3.63, 3.8) is 0 Å². The van der Waals surface area contributed by atoms with Gasteiger partial charge in [0.05, 0.1) is 0 Å². The van der Waals surface area contributed by atoms with Crippen LogP contribution in [0, 0.1) is 0 Å². The number of likely N-dealkylation sites (N-methyl/N-ethyl adjacent to an activating group) is 1. The standard InChI is InChI=1S/C21H27N3O2/c1-23-12-14-24(15-13-23)16-18-2-6-19(7-3-18)21(26)22-11-10-17-4-8-20(25)9-5-17/h2-9,25H,10-16H2,1H3,(H,22,26). The number of aromatic hydroxyl groups is 1. The molecule has 0 saturated carbocycles. The van der Waals surface area contributed by atoms with E-state index in [4.69, 9.17) is 0 Å². The van der Waals surface area contributed by atoms with Crippen LogP contribution in [0.5, 0.6) is 5.75 Å². The Morgan fingerprint density at radius 2 is 1.58 bits per heavy atom. The van der Waals surface area contributed by atoms with Gasteiger partial charge in [-0.2, -0.15) is 0 Å².